The molecular weight excluding hydrogens is 374 g/mol. The molecule has 1 aliphatic carbocycles. The number of aliphatic hydroxyl groups excluding tert-OH is 1. The maximum absolute atomic E-state index is 12.5. The van der Waals surface area contributed by atoms with Gasteiger partial charge in [-0.25, -0.2) is 9.97 Å². The molecular formula is C25H27N3O2. The molecule has 0 atom stereocenters. The molecule has 2 N–H and O–H groups in total. The van der Waals surface area contributed by atoms with Crippen LogP contribution in [0.25, 0.3) is 11.3 Å². The minimum atomic E-state index is -0.0151. The van der Waals surface area contributed by atoms with Crippen molar-refractivity contribution in [3.63, 3.8) is 0 Å². The average Bonchev–Trinajstić information content (AvgIpc) is 2.78. The van der Waals surface area contributed by atoms with Gasteiger partial charge < -0.3 is 10.4 Å². The van der Waals surface area contributed by atoms with Gasteiger partial charge in [0.1, 0.15) is 0 Å². The lowest BCUT2D eigenvalue weighted by Gasteiger charge is -2.21. The Morgan fingerprint density at radius 2 is 1.90 bits per heavy atom. The zero-order valence-electron chi connectivity index (χ0n) is 17.3. The Hall–Kier alpha value is -3.05. The SMILES string of the molecule is CCc1nc2c(nc1NC(=O)CCCc1ccccc1)CCc1cc(CO)ccc1-2. The molecule has 0 unspecified atom stereocenters. The van der Waals surface area contributed by atoms with Crippen LogP contribution < -0.4 is 5.32 Å². The maximum atomic E-state index is 12.5. The molecule has 2 aromatic carbocycles. The normalized spacial score (nSPS) is 12.2. The second kappa shape index (κ2) is 9.18. The molecule has 1 heterocycles. The molecule has 0 saturated carbocycles. The summed E-state index contributed by atoms with van der Waals surface area (Å²) in [6.07, 6.45) is 4.49. The number of hydrogen-bond acceptors (Lipinski definition) is 4. The molecule has 5 nitrogen and oxygen atoms in total. The van der Waals surface area contributed by atoms with Crippen molar-refractivity contribution in [2.75, 3.05) is 5.32 Å². The summed E-state index contributed by atoms with van der Waals surface area (Å²) in [4.78, 5) is 22.2. The van der Waals surface area contributed by atoms with Gasteiger partial charge in [0.05, 0.1) is 23.7 Å². The number of benzene rings is 2. The Balaban J connectivity index is 1.48. The van der Waals surface area contributed by atoms with Crippen LogP contribution >= 0.6 is 0 Å². The van der Waals surface area contributed by atoms with Gasteiger partial charge in [0.15, 0.2) is 5.82 Å². The number of amides is 1. The number of rotatable bonds is 7. The van der Waals surface area contributed by atoms with E-state index in [0.29, 0.717) is 18.7 Å². The number of carbonyl (C=O) groups excluding carboxylic acids is 1. The Kier molecular flexibility index (Phi) is 6.19. The van der Waals surface area contributed by atoms with Crippen LogP contribution in [0, 0.1) is 0 Å². The zero-order chi connectivity index (χ0) is 20.9. The zero-order valence-corrected chi connectivity index (χ0v) is 17.3. The number of anilines is 1. The summed E-state index contributed by atoms with van der Waals surface area (Å²) in [5.74, 6) is 0.579. The van der Waals surface area contributed by atoms with Gasteiger partial charge in [0.2, 0.25) is 5.91 Å². The van der Waals surface area contributed by atoms with Crippen molar-refractivity contribution in [1.29, 1.82) is 0 Å². The summed E-state index contributed by atoms with van der Waals surface area (Å²) in [5, 5.41) is 12.4. The standard InChI is InChI=1S/C25H27N3O2/c1-2-21-25(28-23(30)10-6-9-17-7-4-3-5-8-17)27-22-14-12-19-15-18(16-29)11-13-20(19)24(22)26-21/h3-5,7-8,11,13,15,29H,2,6,9-10,12,14,16H2,1H3,(H,27,28,30). The number of aliphatic hydroxyl groups is 1. The maximum Gasteiger partial charge on any atom is 0.225 e. The van der Waals surface area contributed by atoms with Crippen LogP contribution in [0.3, 0.4) is 0 Å². The third-order valence-corrected chi connectivity index (χ3v) is 5.58. The minimum Gasteiger partial charge on any atom is -0.392 e. The number of aryl methyl sites for hydroxylation is 4. The number of nitrogens with zero attached hydrogens (tertiary/aromatic N) is 2. The molecule has 4 rings (SSSR count). The molecule has 1 aliphatic rings. The van der Waals surface area contributed by atoms with Crippen molar-refractivity contribution in [2.24, 2.45) is 0 Å². The van der Waals surface area contributed by atoms with Crippen LogP contribution in [-0.4, -0.2) is 21.0 Å². The lowest BCUT2D eigenvalue weighted by Crippen LogP contribution is -2.18. The molecule has 1 amide bonds. The largest absolute Gasteiger partial charge is 0.392 e. The van der Waals surface area contributed by atoms with E-state index in [1.165, 1.54) is 11.1 Å². The molecule has 3 aromatic rings. The number of hydrogen-bond donors (Lipinski definition) is 2. The second-order valence-corrected chi connectivity index (χ2v) is 7.70. The number of fused-ring (bicyclic) bond motifs is 3. The lowest BCUT2D eigenvalue weighted by atomic mass is 9.90. The first-order chi connectivity index (χ1) is 14.7. The van der Waals surface area contributed by atoms with Crippen molar-refractivity contribution in [1.82, 2.24) is 9.97 Å². The highest BCUT2D eigenvalue weighted by Gasteiger charge is 2.22. The second-order valence-electron chi connectivity index (χ2n) is 7.70. The van der Waals surface area contributed by atoms with E-state index in [9.17, 15) is 9.90 Å². The van der Waals surface area contributed by atoms with Gasteiger partial charge in [-0.2, -0.15) is 0 Å². The first-order valence-corrected chi connectivity index (χ1v) is 10.6. The number of aromatic nitrogens is 2. The third-order valence-electron chi connectivity index (χ3n) is 5.58. The highest BCUT2D eigenvalue weighted by molar-refractivity contribution is 5.90. The van der Waals surface area contributed by atoms with E-state index in [4.69, 9.17) is 9.97 Å². The van der Waals surface area contributed by atoms with Gasteiger partial charge in [-0.3, -0.25) is 4.79 Å². The Morgan fingerprint density at radius 3 is 2.67 bits per heavy atom. The molecule has 154 valence electrons. The topological polar surface area (TPSA) is 75.1 Å². The van der Waals surface area contributed by atoms with Gasteiger partial charge in [-0.15, -0.1) is 0 Å². The smallest absolute Gasteiger partial charge is 0.225 e. The van der Waals surface area contributed by atoms with Gasteiger partial charge in [0, 0.05) is 12.0 Å². The number of nitrogens with one attached hydrogen (secondary N) is 1. The molecule has 0 fully saturated rings. The molecule has 0 radical (unpaired) electrons. The summed E-state index contributed by atoms with van der Waals surface area (Å²) >= 11 is 0. The lowest BCUT2D eigenvalue weighted by molar-refractivity contribution is -0.116. The molecule has 0 saturated heterocycles. The molecule has 0 aliphatic heterocycles. The predicted octanol–water partition coefficient (Wildman–Crippen LogP) is 4.26. The summed E-state index contributed by atoms with van der Waals surface area (Å²) in [5.41, 5.74) is 7.08. The van der Waals surface area contributed by atoms with Crippen LogP contribution in [0.2, 0.25) is 0 Å². The fourth-order valence-corrected chi connectivity index (χ4v) is 3.97. The van der Waals surface area contributed by atoms with E-state index in [-0.39, 0.29) is 12.5 Å². The van der Waals surface area contributed by atoms with Crippen molar-refractivity contribution < 1.29 is 9.90 Å². The number of carbonyl (C=O) groups is 1. The van der Waals surface area contributed by atoms with Crippen LogP contribution in [0.15, 0.2) is 48.5 Å². The molecule has 0 spiro atoms. The van der Waals surface area contributed by atoms with E-state index >= 15 is 0 Å². The van der Waals surface area contributed by atoms with E-state index in [0.717, 1.165) is 53.9 Å². The average molecular weight is 402 g/mol. The van der Waals surface area contributed by atoms with Gasteiger partial charge >= 0.3 is 0 Å². The molecule has 1 aromatic heterocycles. The van der Waals surface area contributed by atoms with Crippen molar-refractivity contribution in [3.05, 3.63) is 76.6 Å². The van der Waals surface area contributed by atoms with Crippen LogP contribution in [0.1, 0.15) is 47.8 Å². The fraction of sp³-hybridized carbons (Fsp3) is 0.320. The van der Waals surface area contributed by atoms with Crippen molar-refractivity contribution in [3.8, 4) is 11.3 Å². The van der Waals surface area contributed by atoms with E-state index < -0.39 is 0 Å². The highest BCUT2D eigenvalue weighted by atomic mass is 16.3. The summed E-state index contributed by atoms with van der Waals surface area (Å²) in [7, 11) is 0. The van der Waals surface area contributed by atoms with Crippen molar-refractivity contribution in [2.45, 2.75) is 52.1 Å². The van der Waals surface area contributed by atoms with Crippen LogP contribution in [0.4, 0.5) is 5.82 Å². The summed E-state index contributed by atoms with van der Waals surface area (Å²) in [6, 6.07) is 16.2. The summed E-state index contributed by atoms with van der Waals surface area (Å²) < 4.78 is 0. The molecule has 5 heteroatoms. The first kappa shape index (κ1) is 20.2. The predicted molar refractivity (Wildman–Crippen MR) is 118 cm³/mol. The van der Waals surface area contributed by atoms with E-state index in [2.05, 4.69) is 17.4 Å². The van der Waals surface area contributed by atoms with Gasteiger partial charge in [-0.05, 0) is 48.8 Å². The Morgan fingerprint density at radius 1 is 1.07 bits per heavy atom. The first-order valence-electron chi connectivity index (χ1n) is 10.6. The highest BCUT2D eigenvalue weighted by Crippen LogP contribution is 2.33. The summed E-state index contributed by atoms with van der Waals surface area (Å²) in [6.45, 7) is 2.07. The van der Waals surface area contributed by atoms with Crippen molar-refractivity contribution >= 4 is 11.7 Å². The molecule has 0 bridgehead atoms. The van der Waals surface area contributed by atoms with E-state index in [1.807, 2.05) is 43.3 Å². The van der Waals surface area contributed by atoms with Gasteiger partial charge in [-0.1, -0.05) is 55.5 Å². The van der Waals surface area contributed by atoms with Crippen LogP contribution in [-0.2, 0) is 37.1 Å². The van der Waals surface area contributed by atoms with Gasteiger partial charge in [0.25, 0.3) is 0 Å². The minimum absolute atomic E-state index is 0.0151. The Labute approximate surface area is 177 Å². The quantitative estimate of drug-likeness (QED) is 0.620. The third kappa shape index (κ3) is 4.41. The Bertz CT molecular complexity index is 1050. The fourth-order valence-electron chi connectivity index (χ4n) is 3.97. The van der Waals surface area contributed by atoms with E-state index in [1.54, 1.807) is 0 Å². The van der Waals surface area contributed by atoms with Crippen LogP contribution in [0.5, 0.6) is 0 Å². The monoisotopic (exact) mass is 401 g/mol. The molecule has 30 heavy (non-hydrogen) atoms.